The summed E-state index contributed by atoms with van der Waals surface area (Å²) in [7, 11) is 1.93. The van der Waals surface area contributed by atoms with Crippen molar-refractivity contribution in [1.82, 2.24) is 4.57 Å². The summed E-state index contributed by atoms with van der Waals surface area (Å²) in [6.45, 7) is 0. The van der Waals surface area contributed by atoms with Crippen molar-refractivity contribution in [2.75, 3.05) is 0 Å². The lowest BCUT2D eigenvalue weighted by molar-refractivity contribution is 0.912. The van der Waals surface area contributed by atoms with Gasteiger partial charge in [-0.2, -0.15) is 0 Å². The van der Waals surface area contributed by atoms with Gasteiger partial charge in [0.05, 0.1) is 5.69 Å². The summed E-state index contributed by atoms with van der Waals surface area (Å²) in [5, 5.41) is 0. The van der Waals surface area contributed by atoms with Gasteiger partial charge in [0.1, 0.15) is 0 Å². The lowest BCUT2D eigenvalue weighted by Gasteiger charge is -1.89. The monoisotopic (exact) mass is 105 g/mol. The minimum Gasteiger partial charge on any atom is -0.344 e. The minimum atomic E-state index is 0.921. The molecule has 0 spiro atoms. The van der Waals surface area contributed by atoms with Gasteiger partial charge in [-0.3, -0.25) is 0 Å². The Morgan fingerprint density at radius 3 is 2.75 bits per heavy atom. The molecule has 40 valence electrons. The lowest BCUT2D eigenvalue weighted by atomic mass is 10.4. The number of aryl methyl sites for hydroxylation is 1. The van der Waals surface area contributed by atoms with Gasteiger partial charge in [-0.15, -0.1) is 6.42 Å². The highest BCUT2D eigenvalue weighted by molar-refractivity contribution is 5.25. The molecule has 0 aliphatic rings. The van der Waals surface area contributed by atoms with E-state index in [0.29, 0.717) is 0 Å². The molecule has 0 aliphatic carbocycles. The van der Waals surface area contributed by atoms with E-state index >= 15 is 0 Å². The SMILES string of the molecule is C#Cc1cccn1C. The van der Waals surface area contributed by atoms with Gasteiger partial charge in [-0.05, 0) is 12.1 Å². The Bertz CT molecular complexity index is 215. The Morgan fingerprint density at radius 2 is 2.50 bits per heavy atom. The molecule has 0 atom stereocenters. The van der Waals surface area contributed by atoms with Crippen LogP contribution >= 0.6 is 0 Å². The van der Waals surface area contributed by atoms with Crippen molar-refractivity contribution in [3.05, 3.63) is 24.0 Å². The van der Waals surface area contributed by atoms with E-state index in [1.807, 2.05) is 29.9 Å². The molecule has 0 amide bonds. The first-order valence-electron chi connectivity index (χ1n) is 2.42. The van der Waals surface area contributed by atoms with Gasteiger partial charge in [0, 0.05) is 13.2 Å². The van der Waals surface area contributed by atoms with Gasteiger partial charge in [0.25, 0.3) is 0 Å². The zero-order valence-electron chi connectivity index (χ0n) is 4.76. The van der Waals surface area contributed by atoms with Crippen LogP contribution < -0.4 is 0 Å². The maximum absolute atomic E-state index is 5.12. The molecule has 1 nitrogen and oxygen atoms in total. The van der Waals surface area contributed by atoms with Crippen LogP contribution in [0, 0.1) is 12.3 Å². The maximum Gasteiger partial charge on any atom is 0.0914 e. The van der Waals surface area contributed by atoms with E-state index in [2.05, 4.69) is 5.92 Å². The number of hydrogen-bond acceptors (Lipinski definition) is 0. The van der Waals surface area contributed by atoms with Crippen molar-refractivity contribution < 1.29 is 0 Å². The third-order valence-corrected chi connectivity index (χ3v) is 1.09. The van der Waals surface area contributed by atoms with Crippen LogP contribution in [0.15, 0.2) is 18.3 Å². The normalized spacial score (nSPS) is 8.50. The van der Waals surface area contributed by atoms with E-state index in [4.69, 9.17) is 6.42 Å². The van der Waals surface area contributed by atoms with E-state index in [-0.39, 0.29) is 0 Å². The highest BCUT2D eigenvalue weighted by atomic mass is 14.9. The smallest absolute Gasteiger partial charge is 0.0914 e. The molecule has 0 unspecified atom stereocenters. The van der Waals surface area contributed by atoms with Crippen molar-refractivity contribution in [3.8, 4) is 12.3 Å². The molecule has 1 rings (SSSR count). The van der Waals surface area contributed by atoms with Gasteiger partial charge >= 0.3 is 0 Å². The topological polar surface area (TPSA) is 4.93 Å². The summed E-state index contributed by atoms with van der Waals surface area (Å²) in [4.78, 5) is 0. The number of terminal acetylenes is 1. The number of aromatic nitrogens is 1. The summed E-state index contributed by atoms with van der Waals surface area (Å²) in [5.74, 6) is 2.54. The van der Waals surface area contributed by atoms with E-state index < -0.39 is 0 Å². The van der Waals surface area contributed by atoms with Gasteiger partial charge < -0.3 is 4.57 Å². The molecule has 0 N–H and O–H groups in total. The highest BCUT2D eigenvalue weighted by Crippen LogP contribution is 1.94. The molecule has 8 heavy (non-hydrogen) atoms. The van der Waals surface area contributed by atoms with E-state index in [1.54, 1.807) is 0 Å². The molecule has 0 fully saturated rings. The van der Waals surface area contributed by atoms with Crippen molar-refractivity contribution in [2.24, 2.45) is 7.05 Å². The summed E-state index contributed by atoms with van der Waals surface area (Å²) in [6.07, 6.45) is 7.05. The fourth-order valence-corrected chi connectivity index (χ4v) is 0.611. The van der Waals surface area contributed by atoms with Crippen LogP contribution in [0.4, 0.5) is 0 Å². The minimum absolute atomic E-state index is 0.921. The van der Waals surface area contributed by atoms with Crippen LogP contribution in [0.2, 0.25) is 0 Å². The zero-order chi connectivity index (χ0) is 5.98. The summed E-state index contributed by atoms with van der Waals surface area (Å²) in [6, 6.07) is 3.83. The molecule has 0 saturated heterocycles. The van der Waals surface area contributed by atoms with E-state index in [1.165, 1.54) is 0 Å². The van der Waals surface area contributed by atoms with Crippen molar-refractivity contribution in [2.45, 2.75) is 0 Å². The largest absolute Gasteiger partial charge is 0.344 e. The van der Waals surface area contributed by atoms with Crippen molar-refractivity contribution in [3.63, 3.8) is 0 Å². The predicted octanol–water partition coefficient (Wildman–Crippen LogP) is 1.01. The molecule has 0 radical (unpaired) electrons. The number of hydrogen-bond donors (Lipinski definition) is 0. The predicted molar refractivity (Wildman–Crippen MR) is 33.3 cm³/mol. The summed E-state index contributed by atoms with van der Waals surface area (Å²) < 4.78 is 1.90. The molecule has 1 aromatic heterocycles. The standard InChI is InChI=1S/C7H7N/c1-3-7-5-4-6-8(7)2/h1,4-6H,2H3. The molecule has 0 aromatic carbocycles. The van der Waals surface area contributed by atoms with Gasteiger partial charge in [0.2, 0.25) is 0 Å². The second kappa shape index (κ2) is 1.75. The lowest BCUT2D eigenvalue weighted by Crippen LogP contribution is -1.86. The van der Waals surface area contributed by atoms with Gasteiger partial charge in [-0.1, -0.05) is 5.92 Å². The second-order valence-electron chi connectivity index (χ2n) is 1.65. The summed E-state index contributed by atoms with van der Waals surface area (Å²) >= 11 is 0. The Hall–Kier alpha value is -1.16. The molecule has 0 bridgehead atoms. The van der Waals surface area contributed by atoms with E-state index in [0.717, 1.165) is 5.69 Å². The van der Waals surface area contributed by atoms with E-state index in [9.17, 15) is 0 Å². The first-order chi connectivity index (χ1) is 3.84. The maximum atomic E-state index is 5.12. The second-order valence-corrected chi connectivity index (χ2v) is 1.65. The molecule has 1 heterocycles. The Kier molecular flexibility index (Phi) is 1.09. The molecule has 0 aliphatic heterocycles. The van der Waals surface area contributed by atoms with Crippen molar-refractivity contribution in [1.29, 1.82) is 0 Å². The van der Waals surface area contributed by atoms with Gasteiger partial charge in [0.15, 0.2) is 0 Å². The Balaban J connectivity index is 3.15. The summed E-state index contributed by atoms with van der Waals surface area (Å²) in [5.41, 5.74) is 0.921. The molecule has 1 aromatic rings. The number of rotatable bonds is 0. The van der Waals surface area contributed by atoms with Crippen LogP contribution in [0.3, 0.4) is 0 Å². The molecule has 0 saturated carbocycles. The van der Waals surface area contributed by atoms with Crippen LogP contribution in [-0.2, 0) is 7.05 Å². The van der Waals surface area contributed by atoms with Crippen LogP contribution in [0.1, 0.15) is 5.69 Å². The third-order valence-electron chi connectivity index (χ3n) is 1.09. The average Bonchev–Trinajstić information content (AvgIpc) is 2.14. The van der Waals surface area contributed by atoms with Crippen LogP contribution in [0.5, 0.6) is 0 Å². The third kappa shape index (κ3) is 0.607. The van der Waals surface area contributed by atoms with Gasteiger partial charge in [-0.25, -0.2) is 0 Å². The first kappa shape index (κ1) is 4.99. The fourth-order valence-electron chi connectivity index (χ4n) is 0.611. The zero-order valence-corrected chi connectivity index (χ0v) is 4.76. The average molecular weight is 105 g/mol. The molecule has 1 heteroatoms. The quantitative estimate of drug-likeness (QED) is 0.434. The first-order valence-corrected chi connectivity index (χ1v) is 2.42. The fraction of sp³-hybridized carbons (Fsp3) is 0.143. The molecular weight excluding hydrogens is 98.1 g/mol. The number of nitrogens with zero attached hydrogens (tertiary/aromatic N) is 1. The molecular formula is C7H7N. The van der Waals surface area contributed by atoms with Crippen molar-refractivity contribution >= 4 is 0 Å². The van der Waals surface area contributed by atoms with Crippen LogP contribution in [0.25, 0.3) is 0 Å². The van der Waals surface area contributed by atoms with Crippen LogP contribution in [-0.4, -0.2) is 4.57 Å². The Labute approximate surface area is 48.9 Å². The highest BCUT2D eigenvalue weighted by Gasteiger charge is 1.86. The Morgan fingerprint density at radius 1 is 1.75 bits per heavy atom.